The Bertz CT molecular complexity index is 1390. The summed E-state index contributed by atoms with van der Waals surface area (Å²) < 4.78 is 26.2. The lowest BCUT2D eigenvalue weighted by molar-refractivity contribution is -0.0459. The average Bonchev–Trinajstić information content (AvgIpc) is 3.34. The first kappa shape index (κ1) is 22.1. The molecular formula is C31H24FNO3. The first-order valence-electron chi connectivity index (χ1n) is 12.0. The molecule has 5 heteroatoms. The van der Waals surface area contributed by atoms with E-state index in [4.69, 9.17) is 9.47 Å². The molecule has 0 N–H and O–H groups in total. The van der Waals surface area contributed by atoms with Crippen LogP contribution >= 0.6 is 0 Å². The summed E-state index contributed by atoms with van der Waals surface area (Å²) in [4.78, 5) is 15.2. The smallest absolute Gasteiger partial charge is 0.305 e. The number of ether oxygens (including phenoxy) is 2. The molecule has 0 bridgehead atoms. The monoisotopic (exact) mass is 477 g/mol. The van der Waals surface area contributed by atoms with E-state index in [1.807, 2.05) is 71.6 Å². The molecule has 4 aromatic carbocycles. The molecule has 4 aromatic rings. The van der Waals surface area contributed by atoms with Crippen molar-refractivity contribution in [1.29, 1.82) is 0 Å². The quantitative estimate of drug-likeness (QED) is 0.340. The van der Waals surface area contributed by atoms with Crippen molar-refractivity contribution in [1.82, 2.24) is 4.90 Å². The summed E-state index contributed by atoms with van der Waals surface area (Å²) in [7, 11) is 0. The van der Waals surface area contributed by atoms with Gasteiger partial charge in [-0.25, -0.2) is 4.39 Å². The number of hydrogen-bond donors (Lipinski definition) is 0. The van der Waals surface area contributed by atoms with E-state index in [0.717, 1.165) is 22.3 Å². The summed E-state index contributed by atoms with van der Waals surface area (Å²) in [5.74, 6) is -0.305. The van der Waals surface area contributed by atoms with Gasteiger partial charge in [0.25, 0.3) is 5.91 Å². The number of halogens is 1. The number of fused-ring (bicyclic) bond motifs is 1. The largest absolute Gasteiger partial charge is 0.440 e. The highest BCUT2D eigenvalue weighted by molar-refractivity contribution is 5.95. The standard InChI is InChI=1S/C31H24FNO3/c32-27-14-11-22(12-15-27)23-17-19-33(20-18-23)30(34)24-13-16-28-29(21-24)36-31(35-28,25-7-3-1-4-8-25)26-9-5-2-6-10-26/h1-17,21H,18-20H2. The van der Waals surface area contributed by atoms with Gasteiger partial charge in [0, 0.05) is 29.8 Å². The Balaban J connectivity index is 1.25. The number of nitrogens with zero attached hydrogens (tertiary/aromatic N) is 1. The second kappa shape index (κ2) is 9.00. The lowest BCUT2D eigenvalue weighted by Crippen LogP contribution is -2.36. The van der Waals surface area contributed by atoms with Crippen molar-refractivity contribution in [2.45, 2.75) is 12.2 Å². The molecule has 1 amide bonds. The Kier molecular flexibility index (Phi) is 5.53. The van der Waals surface area contributed by atoms with Crippen LogP contribution in [0.4, 0.5) is 4.39 Å². The van der Waals surface area contributed by atoms with E-state index in [9.17, 15) is 9.18 Å². The van der Waals surface area contributed by atoms with Crippen LogP contribution in [0.5, 0.6) is 11.5 Å². The molecule has 0 atom stereocenters. The molecule has 36 heavy (non-hydrogen) atoms. The predicted octanol–water partition coefficient (Wildman–Crippen LogP) is 6.43. The SMILES string of the molecule is O=C(c1ccc2c(c1)OC(c1ccccc1)(c1ccccc1)O2)N1CC=C(c2ccc(F)cc2)CC1. The molecule has 0 spiro atoms. The number of carbonyl (C=O) groups excluding carboxylic acids is 1. The Labute approximate surface area is 209 Å². The van der Waals surface area contributed by atoms with Crippen molar-refractivity contribution in [3.05, 3.63) is 137 Å². The minimum Gasteiger partial charge on any atom is -0.440 e. The molecule has 2 aliphatic heterocycles. The normalized spacial score (nSPS) is 15.9. The molecule has 0 aromatic heterocycles. The van der Waals surface area contributed by atoms with Gasteiger partial charge in [-0.2, -0.15) is 0 Å². The van der Waals surface area contributed by atoms with Crippen LogP contribution in [-0.2, 0) is 5.79 Å². The van der Waals surface area contributed by atoms with Crippen molar-refractivity contribution < 1.29 is 18.7 Å². The van der Waals surface area contributed by atoms with E-state index in [1.54, 1.807) is 30.3 Å². The minimum atomic E-state index is -1.12. The van der Waals surface area contributed by atoms with Crippen LogP contribution in [-0.4, -0.2) is 23.9 Å². The van der Waals surface area contributed by atoms with Crippen LogP contribution in [0, 0.1) is 5.82 Å². The second-order valence-electron chi connectivity index (χ2n) is 8.95. The molecule has 6 rings (SSSR count). The number of amides is 1. The van der Waals surface area contributed by atoms with Crippen molar-refractivity contribution in [3.8, 4) is 11.5 Å². The maximum Gasteiger partial charge on any atom is 0.305 e. The number of rotatable bonds is 4. The summed E-state index contributed by atoms with van der Waals surface area (Å²) in [5.41, 5.74) is 4.41. The summed E-state index contributed by atoms with van der Waals surface area (Å²) in [6, 6.07) is 31.5. The van der Waals surface area contributed by atoms with Gasteiger partial charge in [-0.15, -0.1) is 0 Å². The van der Waals surface area contributed by atoms with E-state index >= 15 is 0 Å². The zero-order valence-corrected chi connectivity index (χ0v) is 19.6. The van der Waals surface area contributed by atoms with Gasteiger partial charge in [0.2, 0.25) is 0 Å². The predicted molar refractivity (Wildman–Crippen MR) is 136 cm³/mol. The van der Waals surface area contributed by atoms with Gasteiger partial charge in [0.15, 0.2) is 11.5 Å². The van der Waals surface area contributed by atoms with Crippen LogP contribution < -0.4 is 9.47 Å². The third-order valence-corrected chi connectivity index (χ3v) is 6.72. The molecule has 2 aliphatic rings. The Morgan fingerprint density at radius 1 is 0.778 bits per heavy atom. The van der Waals surface area contributed by atoms with Crippen LogP contribution in [0.15, 0.2) is 109 Å². The molecule has 178 valence electrons. The molecule has 2 heterocycles. The van der Waals surface area contributed by atoms with Crippen LogP contribution in [0.2, 0.25) is 0 Å². The van der Waals surface area contributed by atoms with E-state index < -0.39 is 5.79 Å². The van der Waals surface area contributed by atoms with Gasteiger partial charge in [-0.3, -0.25) is 4.79 Å². The maximum atomic E-state index is 13.3. The molecule has 0 radical (unpaired) electrons. The summed E-state index contributed by atoms with van der Waals surface area (Å²) >= 11 is 0. The molecule has 0 aliphatic carbocycles. The van der Waals surface area contributed by atoms with E-state index in [0.29, 0.717) is 36.6 Å². The number of carbonyl (C=O) groups is 1. The topological polar surface area (TPSA) is 38.8 Å². The molecule has 4 nitrogen and oxygen atoms in total. The highest BCUT2D eigenvalue weighted by Gasteiger charge is 2.45. The van der Waals surface area contributed by atoms with Crippen LogP contribution in [0.25, 0.3) is 5.57 Å². The zero-order chi connectivity index (χ0) is 24.5. The number of hydrogen-bond acceptors (Lipinski definition) is 3. The van der Waals surface area contributed by atoms with Gasteiger partial charge in [0.05, 0.1) is 0 Å². The van der Waals surface area contributed by atoms with E-state index in [-0.39, 0.29) is 11.7 Å². The van der Waals surface area contributed by atoms with Crippen molar-refractivity contribution >= 4 is 11.5 Å². The summed E-state index contributed by atoms with van der Waals surface area (Å²) in [6.45, 7) is 1.09. The summed E-state index contributed by atoms with van der Waals surface area (Å²) in [6.07, 6.45) is 2.75. The molecule has 0 fully saturated rings. The lowest BCUT2D eigenvalue weighted by Gasteiger charge is -2.28. The summed E-state index contributed by atoms with van der Waals surface area (Å²) in [5, 5.41) is 0. The highest BCUT2D eigenvalue weighted by atomic mass is 19.1. The minimum absolute atomic E-state index is 0.0623. The third kappa shape index (κ3) is 3.93. The molecule has 0 unspecified atom stereocenters. The Morgan fingerprint density at radius 3 is 2.03 bits per heavy atom. The van der Waals surface area contributed by atoms with Gasteiger partial charge >= 0.3 is 5.79 Å². The van der Waals surface area contributed by atoms with Gasteiger partial charge < -0.3 is 14.4 Å². The molecular weight excluding hydrogens is 453 g/mol. The third-order valence-electron chi connectivity index (χ3n) is 6.72. The van der Waals surface area contributed by atoms with Crippen molar-refractivity contribution in [2.24, 2.45) is 0 Å². The average molecular weight is 478 g/mol. The number of benzene rings is 4. The van der Waals surface area contributed by atoms with Crippen molar-refractivity contribution in [3.63, 3.8) is 0 Å². The lowest BCUT2D eigenvalue weighted by atomic mass is 9.97. The molecule has 0 saturated carbocycles. The first-order valence-corrected chi connectivity index (χ1v) is 12.0. The van der Waals surface area contributed by atoms with Gasteiger partial charge in [-0.05, 0) is 47.9 Å². The highest BCUT2D eigenvalue weighted by Crippen LogP contribution is 2.48. The van der Waals surface area contributed by atoms with Gasteiger partial charge in [0.1, 0.15) is 5.82 Å². The van der Waals surface area contributed by atoms with E-state index in [2.05, 4.69) is 0 Å². The Morgan fingerprint density at radius 2 is 1.42 bits per heavy atom. The Hall–Kier alpha value is -4.38. The van der Waals surface area contributed by atoms with Crippen LogP contribution in [0.3, 0.4) is 0 Å². The van der Waals surface area contributed by atoms with E-state index in [1.165, 1.54) is 12.1 Å². The zero-order valence-electron chi connectivity index (χ0n) is 19.6. The molecule has 0 saturated heterocycles. The fraction of sp³-hybridized carbons (Fsp3) is 0.129. The first-order chi connectivity index (χ1) is 17.6. The van der Waals surface area contributed by atoms with Gasteiger partial charge in [-0.1, -0.05) is 78.9 Å². The van der Waals surface area contributed by atoms with Crippen LogP contribution in [0.1, 0.15) is 33.5 Å². The van der Waals surface area contributed by atoms with Crippen molar-refractivity contribution in [2.75, 3.05) is 13.1 Å². The second-order valence-corrected chi connectivity index (χ2v) is 8.95. The fourth-order valence-corrected chi connectivity index (χ4v) is 4.82. The fourth-order valence-electron chi connectivity index (χ4n) is 4.82. The maximum absolute atomic E-state index is 13.3.